The van der Waals surface area contributed by atoms with Crippen molar-refractivity contribution >= 4 is 22.9 Å². The van der Waals surface area contributed by atoms with Gasteiger partial charge in [-0.1, -0.05) is 23.7 Å². The van der Waals surface area contributed by atoms with Crippen LogP contribution in [0.3, 0.4) is 0 Å². The Hall–Kier alpha value is -1.10. The summed E-state index contributed by atoms with van der Waals surface area (Å²) in [5.41, 5.74) is 7.63. The predicted molar refractivity (Wildman–Crippen MR) is 75.3 cm³/mol. The molecule has 0 saturated heterocycles. The normalized spacial score (nSPS) is 10.7. The van der Waals surface area contributed by atoms with E-state index in [-0.39, 0.29) is 0 Å². The lowest BCUT2D eigenvalue weighted by atomic mass is 10.2. The molecule has 0 aliphatic carbocycles. The van der Waals surface area contributed by atoms with E-state index in [1.54, 1.807) is 17.4 Å². The van der Waals surface area contributed by atoms with Crippen LogP contribution in [0.4, 0.5) is 0 Å². The van der Waals surface area contributed by atoms with Gasteiger partial charge in [0.1, 0.15) is 17.4 Å². The summed E-state index contributed by atoms with van der Waals surface area (Å²) >= 11 is 7.76. The number of para-hydroxylation sites is 1. The second-order valence-electron chi connectivity index (χ2n) is 3.97. The number of benzene rings is 1. The van der Waals surface area contributed by atoms with Crippen molar-refractivity contribution in [1.29, 1.82) is 0 Å². The fourth-order valence-corrected chi connectivity index (χ4v) is 2.71. The van der Waals surface area contributed by atoms with E-state index in [1.165, 1.54) is 4.88 Å². The summed E-state index contributed by atoms with van der Waals surface area (Å²) in [7, 11) is 0. The number of ether oxygens (including phenoxy) is 1. The smallest absolute Gasteiger partial charge is 0.143 e. The van der Waals surface area contributed by atoms with Crippen LogP contribution in [0.25, 0.3) is 0 Å². The Balaban J connectivity index is 2.15. The Labute approximate surface area is 116 Å². The van der Waals surface area contributed by atoms with E-state index in [1.807, 2.05) is 19.1 Å². The van der Waals surface area contributed by atoms with E-state index in [0.29, 0.717) is 23.9 Å². The first kappa shape index (κ1) is 13.3. The van der Waals surface area contributed by atoms with Gasteiger partial charge in [-0.15, -0.1) is 11.3 Å². The topological polar surface area (TPSA) is 48.1 Å². The highest BCUT2D eigenvalue weighted by atomic mass is 35.5. The summed E-state index contributed by atoms with van der Waals surface area (Å²) in [6, 6.07) is 5.59. The molecule has 0 aliphatic heterocycles. The van der Waals surface area contributed by atoms with Gasteiger partial charge in [0, 0.05) is 17.0 Å². The van der Waals surface area contributed by atoms with Gasteiger partial charge in [0.2, 0.25) is 0 Å². The number of nitrogens with two attached hydrogens (primary N) is 1. The first-order valence-corrected chi connectivity index (χ1v) is 6.84. The molecule has 0 atom stereocenters. The average molecular weight is 283 g/mol. The molecule has 0 unspecified atom stereocenters. The van der Waals surface area contributed by atoms with Gasteiger partial charge in [-0.05, 0) is 19.9 Å². The SMILES string of the molecule is Cc1nc(COc2c(Cl)cccc2CN)sc1C. The van der Waals surface area contributed by atoms with Crippen molar-refractivity contribution in [1.82, 2.24) is 4.98 Å². The lowest BCUT2D eigenvalue weighted by Gasteiger charge is -2.10. The molecule has 0 radical (unpaired) electrons. The van der Waals surface area contributed by atoms with Crippen LogP contribution in [0.2, 0.25) is 5.02 Å². The van der Waals surface area contributed by atoms with Crippen LogP contribution in [0.5, 0.6) is 5.75 Å². The Morgan fingerprint density at radius 1 is 1.39 bits per heavy atom. The second kappa shape index (κ2) is 5.69. The van der Waals surface area contributed by atoms with Crippen molar-refractivity contribution in [2.24, 2.45) is 5.73 Å². The molecule has 3 nitrogen and oxygen atoms in total. The molecule has 1 aromatic carbocycles. The Morgan fingerprint density at radius 3 is 2.78 bits per heavy atom. The van der Waals surface area contributed by atoms with Crippen molar-refractivity contribution in [2.45, 2.75) is 27.0 Å². The van der Waals surface area contributed by atoms with Gasteiger partial charge >= 0.3 is 0 Å². The van der Waals surface area contributed by atoms with E-state index in [0.717, 1.165) is 16.3 Å². The van der Waals surface area contributed by atoms with Gasteiger partial charge in [0.15, 0.2) is 0 Å². The number of nitrogens with zero attached hydrogens (tertiary/aromatic N) is 1. The molecule has 0 aliphatic rings. The summed E-state index contributed by atoms with van der Waals surface area (Å²) in [5, 5.41) is 1.54. The molecule has 0 saturated carbocycles. The highest BCUT2D eigenvalue weighted by Gasteiger charge is 2.09. The third-order valence-corrected chi connectivity index (χ3v) is 4.03. The molecule has 0 bridgehead atoms. The van der Waals surface area contributed by atoms with Gasteiger partial charge in [-0.25, -0.2) is 4.98 Å². The number of hydrogen-bond acceptors (Lipinski definition) is 4. The standard InChI is InChI=1S/C13H15ClN2OS/c1-8-9(2)18-12(16-8)7-17-13-10(6-15)4-3-5-11(13)14/h3-5H,6-7,15H2,1-2H3. The highest BCUT2D eigenvalue weighted by molar-refractivity contribution is 7.11. The first-order chi connectivity index (χ1) is 8.61. The van der Waals surface area contributed by atoms with Gasteiger partial charge in [-0.3, -0.25) is 0 Å². The van der Waals surface area contributed by atoms with Crippen LogP contribution in [0, 0.1) is 13.8 Å². The first-order valence-electron chi connectivity index (χ1n) is 5.65. The molecule has 0 amide bonds. The summed E-state index contributed by atoms with van der Waals surface area (Å²) in [4.78, 5) is 5.64. The number of aromatic nitrogens is 1. The summed E-state index contributed by atoms with van der Waals surface area (Å²) < 4.78 is 5.75. The monoisotopic (exact) mass is 282 g/mol. The molecule has 0 fully saturated rings. The fourth-order valence-electron chi connectivity index (χ4n) is 1.61. The molecule has 2 N–H and O–H groups in total. The molecule has 1 heterocycles. The van der Waals surface area contributed by atoms with Crippen LogP contribution >= 0.6 is 22.9 Å². The number of rotatable bonds is 4. The summed E-state index contributed by atoms with van der Waals surface area (Å²) in [6.45, 7) is 4.88. The predicted octanol–water partition coefficient (Wildman–Crippen LogP) is 3.45. The molecule has 0 spiro atoms. The summed E-state index contributed by atoms with van der Waals surface area (Å²) in [6.07, 6.45) is 0. The average Bonchev–Trinajstić information content (AvgIpc) is 2.67. The Morgan fingerprint density at radius 2 is 2.17 bits per heavy atom. The third-order valence-electron chi connectivity index (χ3n) is 2.68. The van der Waals surface area contributed by atoms with Gasteiger partial charge in [0.05, 0.1) is 10.7 Å². The van der Waals surface area contributed by atoms with Crippen molar-refractivity contribution in [2.75, 3.05) is 0 Å². The van der Waals surface area contributed by atoms with Gasteiger partial charge in [-0.2, -0.15) is 0 Å². The van der Waals surface area contributed by atoms with E-state index >= 15 is 0 Å². The van der Waals surface area contributed by atoms with Crippen molar-refractivity contribution in [3.63, 3.8) is 0 Å². The van der Waals surface area contributed by atoms with E-state index in [2.05, 4.69) is 11.9 Å². The Bertz CT molecular complexity index is 534. The number of hydrogen-bond donors (Lipinski definition) is 1. The lowest BCUT2D eigenvalue weighted by molar-refractivity contribution is 0.302. The van der Waals surface area contributed by atoms with Crippen LogP contribution in [-0.2, 0) is 13.2 Å². The van der Waals surface area contributed by atoms with Crippen LogP contribution in [0.15, 0.2) is 18.2 Å². The molecule has 5 heteroatoms. The molecule has 2 rings (SSSR count). The quantitative estimate of drug-likeness (QED) is 0.934. The maximum atomic E-state index is 6.11. The van der Waals surface area contributed by atoms with Gasteiger partial charge < -0.3 is 10.5 Å². The number of aryl methyl sites for hydroxylation is 2. The molecule has 1 aromatic heterocycles. The Kier molecular flexibility index (Phi) is 4.22. The van der Waals surface area contributed by atoms with Gasteiger partial charge in [0.25, 0.3) is 0 Å². The minimum absolute atomic E-state index is 0.409. The van der Waals surface area contributed by atoms with E-state index < -0.39 is 0 Å². The molecular formula is C13H15ClN2OS. The van der Waals surface area contributed by atoms with Crippen LogP contribution < -0.4 is 10.5 Å². The molecule has 96 valence electrons. The minimum Gasteiger partial charge on any atom is -0.485 e. The second-order valence-corrected chi connectivity index (χ2v) is 5.67. The van der Waals surface area contributed by atoms with Crippen LogP contribution in [0.1, 0.15) is 21.1 Å². The molecule has 2 aromatic rings. The van der Waals surface area contributed by atoms with Crippen molar-refractivity contribution in [3.8, 4) is 5.75 Å². The van der Waals surface area contributed by atoms with Crippen LogP contribution in [-0.4, -0.2) is 4.98 Å². The zero-order valence-electron chi connectivity index (χ0n) is 10.4. The maximum absolute atomic E-state index is 6.11. The largest absolute Gasteiger partial charge is 0.485 e. The molecular weight excluding hydrogens is 268 g/mol. The minimum atomic E-state index is 0.409. The van der Waals surface area contributed by atoms with Crippen molar-refractivity contribution in [3.05, 3.63) is 44.4 Å². The fraction of sp³-hybridized carbons (Fsp3) is 0.308. The molecule has 18 heavy (non-hydrogen) atoms. The number of halogens is 1. The third kappa shape index (κ3) is 2.83. The maximum Gasteiger partial charge on any atom is 0.143 e. The summed E-state index contributed by atoms with van der Waals surface area (Å²) in [5.74, 6) is 0.659. The zero-order valence-corrected chi connectivity index (χ0v) is 11.9. The van der Waals surface area contributed by atoms with E-state index in [4.69, 9.17) is 22.1 Å². The number of thiazole rings is 1. The zero-order chi connectivity index (χ0) is 13.1. The van der Waals surface area contributed by atoms with Crippen molar-refractivity contribution < 1.29 is 4.74 Å². The lowest BCUT2D eigenvalue weighted by Crippen LogP contribution is -2.03. The highest BCUT2D eigenvalue weighted by Crippen LogP contribution is 2.29. The van der Waals surface area contributed by atoms with E-state index in [9.17, 15) is 0 Å².